The minimum Gasteiger partial charge on any atom is -0.375 e. The van der Waals surface area contributed by atoms with Gasteiger partial charge in [0.1, 0.15) is 5.82 Å². The van der Waals surface area contributed by atoms with Crippen molar-refractivity contribution >= 4 is 5.91 Å². The number of amides is 1. The second-order valence-corrected chi connectivity index (χ2v) is 8.40. The second-order valence-electron chi connectivity index (χ2n) is 8.40. The van der Waals surface area contributed by atoms with Gasteiger partial charge < -0.3 is 9.64 Å². The van der Waals surface area contributed by atoms with Crippen molar-refractivity contribution < 1.29 is 13.9 Å². The molecule has 1 spiro atoms. The zero-order chi connectivity index (χ0) is 17.0. The summed E-state index contributed by atoms with van der Waals surface area (Å²) >= 11 is 0. The molecule has 24 heavy (non-hydrogen) atoms. The van der Waals surface area contributed by atoms with Gasteiger partial charge in [-0.15, -0.1) is 0 Å². The lowest BCUT2D eigenvalue weighted by Crippen LogP contribution is -2.50. The molecular weight excluding hydrogens is 305 g/mol. The Hall–Kier alpha value is -1.42. The normalized spacial score (nSPS) is 30.5. The van der Waals surface area contributed by atoms with Gasteiger partial charge in [0, 0.05) is 19.7 Å². The summed E-state index contributed by atoms with van der Waals surface area (Å²) < 4.78 is 19.3. The highest BCUT2D eigenvalue weighted by atomic mass is 19.1. The highest BCUT2D eigenvalue weighted by molar-refractivity contribution is 5.93. The van der Waals surface area contributed by atoms with E-state index in [4.69, 9.17) is 4.74 Å². The number of hydrogen-bond donors (Lipinski definition) is 0. The average molecular weight is 331 g/mol. The van der Waals surface area contributed by atoms with E-state index in [-0.39, 0.29) is 22.7 Å². The van der Waals surface area contributed by atoms with Crippen LogP contribution in [0.4, 0.5) is 4.39 Å². The van der Waals surface area contributed by atoms with Crippen molar-refractivity contribution in [1.82, 2.24) is 4.90 Å². The highest BCUT2D eigenvalue weighted by Crippen LogP contribution is 2.65. The molecule has 1 aliphatic carbocycles. The van der Waals surface area contributed by atoms with E-state index in [1.54, 1.807) is 12.1 Å². The molecular formula is C20H26FNO2. The Morgan fingerprint density at radius 1 is 1.12 bits per heavy atom. The topological polar surface area (TPSA) is 29.5 Å². The van der Waals surface area contributed by atoms with Crippen molar-refractivity contribution in [3.63, 3.8) is 0 Å². The Labute approximate surface area is 143 Å². The van der Waals surface area contributed by atoms with Crippen LogP contribution in [0, 0.1) is 11.2 Å². The summed E-state index contributed by atoms with van der Waals surface area (Å²) in [6.07, 6.45) is 4.99. The van der Waals surface area contributed by atoms with Gasteiger partial charge in [0.05, 0.1) is 11.0 Å². The Kier molecular flexibility index (Phi) is 3.54. The molecule has 4 heteroatoms. The lowest BCUT2D eigenvalue weighted by atomic mass is 9.84. The molecule has 2 aliphatic heterocycles. The van der Waals surface area contributed by atoms with Crippen molar-refractivity contribution in [3.05, 3.63) is 35.6 Å². The number of carbonyl (C=O) groups excluding carboxylic acids is 1. The first-order valence-electron chi connectivity index (χ1n) is 9.08. The molecule has 3 aliphatic rings. The summed E-state index contributed by atoms with van der Waals surface area (Å²) in [6, 6.07) is 6.51. The van der Waals surface area contributed by atoms with E-state index in [9.17, 15) is 9.18 Å². The number of hydrogen-bond acceptors (Lipinski definition) is 2. The second kappa shape index (κ2) is 5.29. The number of nitrogens with zero attached hydrogens (tertiary/aromatic N) is 1. The Balaban J connectivity index is 1.55. The fourth-order valence-corrected chi connectivity index (χ4v) is 4.87. The molecule has 2 saturated heterocycles. The van der Waals surface area contributed by atoms with Gasteiger partial charge in [-0.3, -0.25) is 4.79 Å². The number of benzene rings is 1. The first-order chi connectivity index (χ1) is 11.4. The summed E-state index contributed by atoms with van der Waals surface area (Å²) in [4.78, 5) is 15.4. The summed E-state index contributed by atoms with van der Waals surface area (Å²) in [7, 11) is 0. The van der Waals surface area contributed by atoms with Crippen molar-refractivity contribution in [2.75, 3.05) is 19.7 Å². The van der Waals surface area contributed by atoms with Gasteiger partial charge in [0.2, 0.25) is 5.91 Å². The third-order valence-corrected chi connectivity index (χ3v) is 6.59. The quantitative estimate of drug-likeness (QED) is 0.827. The Morgan fingerprint density at radius 2 is 1.75 bits per heavy atom. The Morgan fingerprint density at radius 3 is 2.25 bits per heavy atom. The molecule has 0 bridgehead atoms. The van der Waals surface area contributed by atoms with Crippen LogP contribution in [0.2, 0.25) is 0 Å². The van der Waals surface area contributed by atoms with Crippen LogP contribution in [0.25, 0.3) is 0 Å². The lowest BCUT2D eigenvalue weighted by molar-refractivity contribution is -0.139. The van der Waals surface area contributed by atoms with Gasteiger partial charge in [-0.2, -0.15) is 0 Å². The number of carbonyl (C=O) groups is 1. The highest BCUT2D eigenvalue weighted by Gasteiger charge is 2.68. The van der Waals surface area contributed by atoms with Crippen molar-refractivity contribution in [1.29, 1.82) is 0 Å². The smallest absolute Gasteiger partial charge is 0.233 e. The maximum Gasteiger partial charge on any atom is 0.233 e. The SMILES string of the molecule is CC1(C)CC1(C(=O)N1CCC2(CCCO2)CC1)c1ccc(F)cc1. The third kappa shape index (κ3) is 2.30. The first-order valence-corrected chi connectivity index (χ1v) is 9.08. The summed E-state index contributed by atoms with van der Waals surface area (Å²) in [5.74, 6) is -0.0370. The van der Waals surface area contributed by atoms with Gasteiger partial charge in [0.25, 0.3) is 0 Å². The maximum absolute atomic E-state index is 13.4. The standard InChI is InChI=1S/C20H26FNO2/c1-18(2)14-20(18,15-4-6-16(21)7-5-15)17(23)22-11-9-19(10-12-22)8-3-13-24-19/h4-7H,3,8-14H2,1-2H3. The maximum atomic E-state index is 13.4. The molecule has 130 valence electrons. The largest absolute Gasteiger partial charge is 0.375 e. The third-order valence-electron chi connectivity index (χ3n) is 6.59. The molecule has 2 heterocycles. The minimum atomic E-state index is -0.484. The molecule has 1 unspecified atom stereocenters. The summed E-state index contributed by atoms with van der Waals surface area (Å²) in [5, 5.41) is 0. The summed E-state index contributed by atoms with van der Waals surface area (Å²) in [6.45, 7) is 6.69. The van der Waals surface area contributed by atoms with Crippen LogP contribution in [-0.2, 0) is 14.9 Å². The zero-order valence-corrected chi connectivity index (χ0v) is 14.6. The lowest BCUT2D eigenvalue weighted by Gasteiger charge is -2.40. The molecule has 0 radical (unpaired) electrons. The molecule has 1 aromatic carbocycles. The van der Waals surface area contributed by atoms with Crippen LogP contribution < -0.4 is 0 Å². The van der Waals surface area contributed by atoms with E-state index in [0.717, 1.165) is 57.4 Å². The van der Waals surface area contributed by atoms with Gasteiger partial charge in [-0.25, -0.2) is 4.39 Å². The predicted octanol–water partition coefficient (Wildman–Crippen LogP) is 3.67. The first kappa shape index (κ1) is 16.1. The van der Waals surface area contributed by atoms with E-state index >= 15 is 0 Å². The van der Waals surface area contributed by atoms with Crippen molar-refractivity contribution in [2.24, 2.45) is 5.41 Å². The molecule has 1 atom stereocenters. The molecule has 4 rings (SSSR count). The zero-order valence-electron chi connectivity index (χ0n) is 14.6. The fourth-order valence-electron chi connectivity index (χ4n) is 4.87. The van der Waals surface area contributed by atoms with E-state index < -0.39 is 5.41 Å². The minimum absolute atomic E-state index is 0.0267. The average Bonchev–Trinajstić information content (AvgIpc) is 2.91. The van der Waals surface area contributed by atoms with E-state index in [2.05, 4.69) is 13.8 Å². The monoisotopic (exact) mass is 331 g/mol. The van der Waals surface area contributed by atoms with Gasteiger partial charge in [-0.05, 0) is 55.2 Å². The van der Waals surface area contributed by atoms with Gasteiger partial charge in [0.15, 0.2) is 0 Å². The molecule has 0 aromatic heterocycles. The van der Waals surface area contributed by atoms with E-state index in [1.807, 2.05) is 4.90 Å². The predicted molar refractivity (Wildman–Crippen MR) is 90.2 cm³/mol. The molecule has 3 nitrogen and oxygen atoms in total. The summed E-state index contributed by atoms with van der Waals surface area (Å²) in [5.41, 5.74) is 0.429. The molecule has 1 amide bonds. The van der Waals surface area contributed by atoms with Gasteiger partial charge >= 0.3 is 0 Å². The number of likely N-dealkylation sites (tertiary alicyclic amines) is 1. The van der Waals surface area contributed by atoms with Crippen molar-refractivity contribution in [2.45, 2.75) is 57.0 Å². The fraction of sp³-hybridized carbons (Fsp3) is 0.650. The van der Waals surface area contributed by atoms with Crippen LogP contribution in [0.1, 0.15) is 51.5 Å². The van der Waals surface area contributed by atoms with E-state index in [1.165, 1.54) is 12.1 Å². The number of rotatable bonds is 2. The molecule has 1 aromatic rings. The molecule has 0 N–H and O–H groups in total. The van der Waals surface area contributed by atoms with Crippen LogP contribution >= 0.6 is 0 Å². The molecule has 1 saturated carbocycles. The number of halogens is 1. The van der Waals surface area contributed by atoms with Crippen LogP contribution in [-0.4, -0.2) is 36.1 Å². The van der Waals surface area contributed by atoms with E-state index in [0.29, 0.717) is 0 Å². The van der Waals surface area contributed by atoms with Crippen LogP contribution in [0.3, 0.4) is 0 Å². The number of piperidine rings is 1. The van der Waals surface area contributed by atoms with Crippen LogP contribution in [0.15, 0.2) is 24.3 Å². The van der Waals surface area contributed by atoms with Crippen LogP contribution in [0.5, 0.6) is 0 Å². The number of ether oxygens (including phenoxy) is 1. The Bertz CT molecular complexity index is 638. The van der Waals surface area contributed by atoms with Crippen molar-refractivity contribution in [3.8, 4) is 0 Å². The molecule has 3 fully saturated rings. The van der Waals surface area contributed by atoms with Gasteiger partial charge in [-0.1, -0.05) is 26.0 Å².